The number of rotatable bonds is 6. The fourth-order valence-corrected chi connectivity index (χ4v) is 4.33. The van der Waals surface area contributed by atoms with E-state index in [4.69, 9.17) is 4.74 Å². The van der Waals surface area contributed by atoms with Crippen LogP contribution in [0.1, 0.15) is 26.2 Å². The van der Waals surface area contributed by atoms with Crippen LogP contribution in [-0.4, -0.2) is 46.5 Å². The summed E-state index contributed by atoms with van der Waals surface area (Å²) in [7, 11) is -0.722. The zero-order valence-electron chi connectivity index (χ0n) is 11.0. The molecular weight excluding hydrogens is 258 g/mol. The van der Waals surface area contributed by atoms with E-state index in [1.807, 2.05) is 0 Å². The number of carbonyl (C=O) groups is 1. The molecule has 0 radical (unpaired) electrons. The minimum atomic E-state index is -3.52. The molecule has 3 unspecified atom stereocenters. The molecule has 1 fully saturated rings. The molecule has 18 heavy (non-hydrogen) atoms. The average Bonchev–Trinajstić information content (AvgIpc) is 2.77. The Morgan fingerprint density at radius 3 is 2.61 bits per heavy atom. The van der Waals surface area contributed by atoms with E-state index in [0.717, 1.165) is 6.42 Å². The van der Waals surface area contributed by atoms with Gasteiger partial charge in [-0.15, -0.1) is 0 Å². The Hall–Kier alpha value is -0.660. The van der Waals surface area contributed by atoms with Gasteiger partial charge in [0.1, 0.15) is 0 Å². The lowest BCUT2D eigenvalue weighted by molar-refractivity contribution is -0.145. The molecule has 0 bridgehead atoms. The Kier molecular flexibility index (Phi) is 5.55. The molecule has 0 aromatic heterocycles. The predicted octanol–water partition coefficient (Wildman–Crippen LogP) is 0.282. The van der Waals surface area contributed by atoms with Crippen molar-refractivity contribution in [3.05, 3.63) is 0 Å². The third kappa shape index (κ3) is 3.66. The molecule has 6 nitrogen and oxygen atoms in total. The number of methoxy groups -OCH3 is 2. The van der Waals surface area contributed by atoms with E-state index in [1.165, 1.54) is 14.2 Å². The zero-order valence-corrected chi connectivity index (χ0v) is 11.8. The predicted molar refractivity (Wildman–Crippen MR) is 66.5 cm³/mol. The number of hydrogen-bond acceptors (Lipinski definition) is 5. The van der Waals surface area contributed by atoms with Crippen LogP contribution in [0.25, 0.3) is 0 Å². The summed E-state index contributed by atoms with van der Waals surface area (Å²) in [6.45, 7) is 2.03. The molecule has 1 aliphatic rings. The monoisotopic (exact) mass is 279 g/mol. The van der Waals surface area contributed by atoms with Crippen LogP contribution in [0.4, 0.5) is 0 Å². The Labute approximate surface area is 108 Å². The lowest BCUT2D eigenvalue weighted by Gasteiger charge is -2.21. The fraction of sp³-hybridized carbons (Fsp3) is 0.909. The summed E-state index contributed by atoms with van der Waals surface area (Å²) >= 11 is 0. The lowest BCUT2D eigenvalue weighted by atomic mass is 10.1. The van der Waals surface area contributed by atoms with E-state index in [1.54, 1.807) is 6.92 Å². The van der Waals surface area contributed by atoms with E-state index in [2.05, 4.69) is 9.46 Å². The van der Waals surface area contributed by atoms with Crippen molar-refractivity contribution in [2.24, 2.45) is 5.92 Å². The molecule has 1 rings (SSSR count). The molecule has 1 aliphatic carbocycles. The van der Waals surface area contributed by atoms with Crippen LogP contribution < -0.4 is 4.72 Å². The fourth-order valence-electron chi connectivity index (χ4n) is 2.37. The maximum Gasteiger partial charge on any atom is 0.310 e. The molecule has 7 heteroatoms. The highest BCUT2D eigenvalue weighted by Crippen LogP contribution is 2.31. The van der Waals surface area contributed by atoms with Crippen molar-refractivity contribution < 1.29 is 22.7 Å². The summed E-state index contributed by atoms with van der Waals surface area (Å²) in [5.41, 5.74) is 0. The van der Waals surface area contributed by atoms with Crippen LogP contribution in [0.15, 0.2) is 0 Å². The summed E-state index contributed by atoms with van der Waals surface area (Å²) in [5.74, 6) is -0.996. The molecule has 0 aliphatic heterocycles. The molecule has 0 aromatic carbocycles. The number of carbonyl (C=O) groups excluding carboxylic acids is 1. The van der Waals surface area contributed by atoms with Gasteiger partial charge in [-0.25, -0.2) is 13.1 Å². The van der Waals surface area contributed by atoms with Crippen LogP contribution in [0.2, 0.25) is 0 Å². The molecule has 3 atom stereocenters. The van der Waals surface area contributed by atoms with E-state index in [-0.39, 0.29) is 6.04 Å². The molecule has 0 heterocycles. The highest BCUT2D eigenvalue weighted by Gasteiger charge is 2.42. The molecule has 0 saturated heterocycles. The topological polar surface area (TPSA) is 81.7 Å². The number of hydrogen-bond donors (Lipinski definition) is 1. The Bertz CT molecular complexity index is 381. The first-order valence-corrected chi connectivity index (χ1v) is 7.55. The Morgan fingerprint density at radius 2 is 2.06 bits per heavy atom. The number of nitrogens with one attached hydrogen (secondary N) is 1. The maximum absolute atomic E-state index is 12.2. The molecule has 0 amide bonds. The van der Waals surface area contributed by atoms with Crippen molar-refractivity contribution in [3.63, 3.8) is 0 Å². The van der Waals surface area contributed by atoms with Gasteiger partial charge in [0.05, 0.1) is 24.9 Å². The second-order valence-corrected chi connectivity index (χ2v) is 6.55. The Balaban J connectivity index is 2.74. The first-order chi connectivity index (χ1) is 8.42. The van der Waals surface area contributed by atoms with Crippen LogP contribution in [0.3, 0.4) is 0 Å². The quantitative estimate of drug-likeness (QED) is 0.706. The molecule has 0 spiro atoms. The SMILES string of the molecule is COCC(C)NS(=O)(=O)C1CCCC1C(=O)OC. The van der Waals surface area contributed by atoms with Gasteiger partial charge in [-0.3, -0.25) is 4.79 Å². The van der Waals surface area contributed by atoms with Gasteiger partial charge < -0.3 is 9.47 Å². The second-order valence-electron chi connectivity index (χ2n) is 4.62. The summed E-state index contributed by atoms with van der Waals surface area (Å²) in [6.07, 6.45) is 1.79. The van der Waals surface area contributed by atoms with E-state index >= 15 is 0 Å². The van der Waals surface area contributed by atoms with Crippen LogP contribution >= 0.6 is 0 Å². The molecular formula is C11H21NO5S. The normalized spacial score (nSPS) is 25.9. The third-order valence-electron chi connectivity index (χ3n) is 3.14. The van der Waals surface area contributed by atoms with Crippen molar-refractivity contribution in [1.29, 1.82) is 0 Å². The number of ether oxygens (including phenoxy) is 2. The van der Waals surface area contributed by atoms with Gasteiger partial charge in [0.2, 0.25) is 10.0 Å². The molecule has 106 valence electrons. The molecule has 1 N–H and O–H groups in total. The number of sulfonamides is 1. The first-order valence-electron chi connectivity index (χ1n) is 6.00. The summed E-state index contributed by atoms with van der Waals surface area (Å²) in [4.78, 5) is 11.5. The van der Waals surface area contributed by atoms with Crippen molar-refractivity contribution >= 4 is 16.0 Å². The maximum atomic E-state index is 12.2. The van der Waals surface area contributed by atoms with Crippen LogP contribution in [0, 0.1) is 5.92 Å². The summed E-state index contributed by atoms with van der Waals surface area (Å²) in [6, 6.07) is -0.307. The standard InChI is InChI=1S/C11H21NO5S/c1-8(7-16-2)12-18(14,15)10-6-4-5-9(10)11(13)17-3/h8-10,12H,4-7H2,1-3H3. The molecule has 1 saturated carbocycles. The van der Waals surface area contributed by atoms with Gasteiger partial charge in [0.15, 0.2) is 0 Å². The first kappa shape index (κ1) is 15.4. The van der Waals surface area contributed by atoms with Gasteiger partial charge in [0.25, 0.3) is 0 Å². The van der Waals surface area contributed by atoms with E-state index in [0.29, 0.717) is 19.4 Å². The average molecular weight is 279 g/mol. The van der Waals surface area contributed by atoms with Gasteiger partial charge >= 0.3 is 5.97 Å². The smallest absolute Gasteiger partial charge is 0.310 e. The number of esters is 1. The minimum Gasteiger partial charge on any atom is -0.469 e. The van der Waals surface area contributed by atoms with Gasteiger partial charge in [-0.1, -0.05) is 6.42 Å². The van der Waals surface area contributed by atoms with Gasteiger partial charge in [-0.05, 0) is 19.8 Å². The Morgan fingerprint density at radius 1 is 1.39 bits per heavy atom. The van der Waals surface area contributed by atoms with Crippen molar-refractivity contribution in [2.75, 3.05) is 20.8 Å². The largest absolute Gasteiger partial charge is 0.469 e. The summed E-state index contributed by atoms with van der Waals surface area (Å²) < 4.78 is 36.4. The van der Waals surface area contributed by atoms with Gasteiger partial charge in [0, 0.05) is 13.2 Å². The van der Waals surface area contributed by atoms with Crippen molar-refractivity contribution in [3.8, 4) is 0 Å². The van der Waals surface area contributed by atoms with Crippen LogP contribution in [-0.2, 0) is 24.3 Å². The van der Waals surface area contributed by atoms with Crippen molar-refractivity contribution in [1.82, 2.24) is 4.72 Å². The van der Waals surface area contributed by atoms with Crippen molar-refractivity contribution in [2.45, 2.75) is 37.5 Å². The third-order valence-corrected chi connectivity index (χ3v) is 5.23. The highest BCUT2D eigenvalue weighted by molar-refractivity contribution is 7.90. The van der Waals surface area contributed by atoms with E-state index in [9.17, 15) is 13.2 Å². The summed E-state index contributed by atoms with van der Waals surface area (Å²) in [5, 5.41) is -0.691. The minimum absolute atomic E-state index is 0.300. The highest BCUT2D eigenvalue weighted by atomic mass is 32.2. The second kappa shape index (κ2) is 6.49. The zero-order chi connectivity index (χ0) is 13.8. The molecule has 0 aromatic rings. The lowest BCUT2D eigenvalue weighted by Crippen LogP contribution is -2.44. The van der Waals surface area contributed by atoms with E-state index < -0.39 is 27.2 Å². The van der Waals surface area contributed by atoms with Crippen LogP contribution in [0.5, 0.6) is 0 Å². The van der Waals surface area contributed by atoms with Gasteiger partial charge in [-0.2, -0.15) is 0 Å².